The Kier molecular flexibility index (Phi) is 10.9. The minimum Gasteiger partial charge on any atom is -0.390 e. The van der Waals surface area contributed by atoms with Crippen LogP contribution in [0, 0.1) is 18.3 Å². The third kappa shape index (κ3) is 8.23. The van der Waals surface area contributed by atoms with E-state index >= 15 is 0 Å². The molecule has 46 heavy (non-hydrogen) atoms. The number of nitrogens with one attached hydrogen (secondary N) is 2. The Hall–Kier alpha value is -4.43. The van der Waals surface area contributed by atoms with Gasteiger partial charge in [0.25, 0.3) is 11.8 Å². The van der Waals surface area contributed by atoms with Crippen LogP contribution >= 0.6 is 11.3 Å². The third-order valence-corrected chi connectivity index (χ3v) is 9.32. The number of nitrogens with zero attached hydrogens (tertiary/aromatic N) is 4. The van der Waals surface area contributed by atoms with Crippen LogP contribution in [0.2, 0.25) is 0 Å². The number of nitriles is 1. The molecular weight excluding hydrogens is 597 g/mol. The monoisotopic (exact) mass is 636 g/mol. The van der Waals surface area contributed by atoms with Gasteiger partial charge in [-0.15, -0.1) is 11.3 Å². The van der Waals surface area contributed by atoms with E-state index in [2.05, 4.69) is 46.6 Å². The summed E-state index contributed by atoms with van der Waals surface area (Å²) in [7, 11) is 0. The highest BCUT2D eigenvalue weighted by molar-refractivity contribution is 7.09. The molecule has 1 fully saturated rings. The number of pyridine rings is 1. The maximum Gasteiger partial charge on any atom is 0.256 e. The molecule has 3 unspecified atom stereocenters. The van der Waals surface area contributed by atoms with Crippen molar-refractivity contribution in [1.29, 1.82) is 5.26 Å². The van der Waals surface area contributed by atoms with Gasteiger partial charge >= 0.3 is 0 Å². The molecule has 5 rings (SSSR count). The van der Waals surface area contributed by atoms with Crippen molar-refractivity contribution in [2.75, 3.05) is 13.1 Å². The van der Waals surface area contributed by atoms with Gasteiger partial charge < -0.3 is 20.6 Å². The van der Waals surface area contributed by atoms with E-state index in [9.17, 15) is 20.0 Å². The van der Waals surface area contributed by atoms with E-state index < -0.39 is 18.1 Å². The molecular formula is C36H40N6O3S. The summed E-state index contributed by atoms with van der Waals surface area (Å²) in [6.45, 7) is 7.42. The van der Waals surface area contributed by atoms with Gasteiger partial charge in [-0.2, -0.15) is 5.26 Å². The summed E-state index contributed by atoms with van der Waals surface area (Å²) in [5.74, 6) is -0.312. The molecule has 2 amide bonds. The molecule has 3 atom stereocenters. The molecule has 0 spiro atoms. The highest BCUT2D eigenvalue weighted by Gasteiger charge is 2.33. The van der Waals surface area contributed by atoms with Gasteiger partial charge in [-0.1, -0.05) is 50.2 Å². The van der Waals surface area contributed by atoms with Crippen LogP contribution in [-0.2, 0) is 13.0 Å². The Morgan fingerprint density at radius 3 is 2.61 bits per heavy atom. The summed E-state index contributed by atoms with van der Waals surface area (Å²) in [5, 5.41) is 30.0. The van der Waals surface area contributed by atoms with Gasteiger partial charge in [-0.05, 0) is 67.0 Å². The number of hydrogen-bond donors (Lipinski definition) is 3. The number of aromatic nitrogens is 2. The fraction of sp³-hybridized carbons (Fsp3) is 0.361. The molecule has 2 aromatic heterocycles. The van der Waals surface area contributed by atoms with E-state index in [-0.39, 0.29) is 30.0 Å². The minimum atomic E-state index is -0.919. The largest absolute Gasteiger partial charge is 0.390 e. The number of aryl methyl sites for hydroxylation is 1. The molecule has 4 aromatic rings. The van der Waals surface area contributed by atoms with E-state index in [4.69, 9.17) is 0 Å². The fourth-order valence-electron chi connectivity index (χ4n) is 5.77. The van der Waals surface area contributed by atoms with Gasteiger partial charge in [-0.25, -0.2) is 4.98 Å². The first-order valence-corrected chi connectivity index (χ1v) is 16.6. The second-order valence-electron chi connectivity index (χ2n) is 12.1. The summed E-state index contributed by atoms with van der Waals surface area (Å²) < 4.78 is 0. The first kappa shape index (κ1) is 32.9. The van der Waals surface area contributed by atoms with Crippen LogP contribution in [0.5, 0.6) is 0 Å². The minimum absolute atomic E-state index is 0.0825. The summed E-state index contributed by atoms with van der Waals surface area (Å²) in [6, 6.07) is 18.6. The number of amides is 2. The Morgan fingerprint density at radius 1 is 1.11 bits per heavy atom. The second kappa shape index (κ2) is 15.2. The lowest BCUT2D eigenvalue weighted by Gasteiger charge is -2.25. The zero-order valence-corrected chi connectivity index (χ0v) is 27.3. The molecule has 238 valence electrons. The van der Waals surface area contributed by atoms with E-state index in [0.717, 1.165) is 40.2 Å². The summed E-state index contributed by atoms with van der Waals surface area (Å²) in [4.78, 5) is 37.8. The molecule has 1 aliphatic rings. The summed E-state index contributed by atoms with van der Waals surface area (Å²) in [6.07, 6.45) is 4.16. The van der Waals surface area contributed by atoms with Gasteiger partial charge in [0.2, 0.25) is 0 Å². The molecule has 1 saturated heterocycles. The van der Waals surface area contributed by atoms with Crippen LogP contribution in [0.4, 0.5) is 0 Å². The van der Waals surface area contributed by atoms with E-state index in [1.54, 1.807) is 17.4 Å². The van der Waals surface area contributed by atoms with Crippen molar-refractivity contribution >= 4 is 23.2 Å². The topological polar surface area (TPSA) is 131 Å². The van der Waals surface area contributed by atoms with Crippen molar-refractivity contribution in [3.63, 3.8) is 0 Å². The van der Waals surface area contributed by atoms with Crippen molar-refractivity contribution < 1.29 is 14.7 Å². The van der Waals surface area contributed by atoms with E-state index in [1.807, 2.05) is 59.7 Å². The number of carbonyl (C=O) groups is 2. The smallest absolute Gasteiger partial charge is 0.256 e. The zero-order chi connectivity index (χ0) is 32.6. The molecule has 0 bridgehead atoms. The number of aliphatic hydroxyl groups is 1. The number of benzene rings is 2. The third-order valence-electron chi connectivity index (χ3n) is 8.26. The standard InChI is InChI=1S/C36H40N6O3S/c1-23(2)28-13-26(17-37)12-27(14-28)18-38-21-33(43)31(15-25-8-5-4-6-9-25)41-34(44)29-16-30(20-39-19-29)36(45)42-11-7-10-32(42)35-40-24(3)22-46-35/h4-6,8-9,12-14,16,19-20,22-23,31-33,38,43H,7,10-11,15,18,21H2,1-3H3,(H,41,44). The number of aliphatic hydroxyl groups excluding tert-OH is 1. The fourth-order valence-corrected chi connectivity index (χ4v) is 6.71. The van der Waals surface area contributed by atoms with Gasteiger partial charge in [-0.3, -0.25) is 14.6 Å². The van der Waals surface area contributed by atoms with Crippen LogP contribution in [0.15, 0.2) is 72.4 Å². The van der Waals surface area contributed by atoms with Crippen LogP contribution in [-0.4, -0.2) is 57.0 Å². The average molecular weight is 637 g/mol. The molecule has 0 saturated carbocycles. The van der Waals surface area contributed by atoms with Crippen molar-refractivity contribution in [2.24, 2.45) is 0 Å². The normalized spacial score (nSPS) is 15.8. The SMILES string of the molecule is Cc1csc(C2CCCN2C(=O)c2cncc(C(=O)NC(Cc3ccccc3)C(O)CNCc3cc(C#N)cc(C(C)C)c3)c2)n1. The molecule has 9 nitrogen and oxygen atoms in total. The van der Waals surface area contributed by atoms with Gasteiger partial charge in [0, 0.05) is 43.1 Å². The second-order valence-corrected chi connectivity index (χ2v) is 13.0. The van der Waals surface area contributed by atoms with Crippen LogP contribution < -0.4 is 10.6 Å². The van der Waals surface area contributed by atoms with Gasteiger partial charge in [0.1, 0.15) is 5.01 Å². The summed E-state index contributed by atoms with van der Waals surface area (Å²) >= 11 is 1.56. The average Bonchev–Trinajstić information content (AvgIpc) is 3.73. The van der Waals surface area contributed by atoms with Gasteiger partial charge in [0.05, 0.1) is 40.9 Å². The Bertz CT molecular complexity index is 1700. The Morgan fingerprint density at radius 2 is 1.89 bits per heavy atom. The van der Waals surface area contributed by atoms with Crippen molar-refractivity contribution in [2.45, 2.75) is 70.7 Å². The van der Waals surface area contributed by atoms with Crippen molar-refractivity contribution in [1.82, 2.24) is 25.5 Å². The lowest BCUT2D eigenvalue weighted by Crippen LogP contribution is -2.48. The Labute approximate surface area is 274 Å². The quantitative estimate of drug-likeness (QED) is 0.192. The number of hydrogen-bond acceptors (Lipinski definition) is 8. The van der Waals surface area contributed by atoms with Crippen molar-refractivity contribution in [3.05, 3.63) is 116 Å². The number of rotatable bonds is 12. The molecule has 0 radical (unpaired) electrons. The maximum absolute atomic E-state index is 13.6. The molecule has 2 aromatic carbocycles. The van der Waals surface area contributed by atoms with Crippen LogP contribution in [0.1, 0.15) is 92.3 Å². The molecule has 3 N–H and O–H groups in total. The highest BCUT2D eigenvalue weighted by Crippen LogP contribution is 2.34. The van der Waals surface area contributed by atoms with Crippen LogP contribution in [0.25, 0.3) is 0 Å². The zero-order valence-electron chi connectivity index (χ0n) is 26.4. The molecule has 3 heterocycles. The number of carbonyl (C=O) groups excluding carboxylic acids is 2. The molecule has 10 heteroatoms. The Balaban J connectivity index is 1.28. The summed E-state index contributed by atoms with van der Waals surface area (Å²) in [5.41, 5.74) is 5.14. The van der Waals surface area contributed by atoms with Crippen molar-refractivity contribution in [3.8, 4) is 6.07 Å². The highest BCUT2D eigenvalue weighted by atomic mass is 32.1. The lowest BCUT2D eigenvalue weighted by molar-refractivity contribution is 0.0735. The van der Waals surface area contributed by atoms with Gasteiger partial charge in [0.15, 0.2) is 0 Å². The van der Waals surface area contributed by atoms with E-state index in [1.165, 1.54) is 12.4 Å². The number of likely N-dealkylation sites (tertiary alicyclic amines) is 1. The first-order chi connectivity index (χ1) is 22.2. The molecule has 1 aliphatic heterocycles. The predicted molar refractivity (Wildman–Crippen MR) is 178 cm³/mol. The number of thiazole rings is 1. The first-order valence-electron chi connectivity index (χ1n) is 15.7. The predicted octanol–water partition coefficient (Wildman–Crippen LogP) is 5.31. The maximum atomic E-state index is 13.6. The van der Waals surface area contributed by atoms with E-state index in [0.29, 0.717) is 30.6 Å². The van der Waals surface area contributed by atoms with Crippen LogP contribution in [0.3, 0.4) is 0 Å². The lowest BCUT2D eigenvalue weighted by atomic mass is 9.98. The molecule has 0 aliphatic carbocycles.